The average Bonchev–Trinajstić information content (AvgIpc) is 3.24. The van der Waals surface area contributed by atoms with Gasteiger partial charge >= 0.3 is 16.3 Å². The number of halogens is 1. The van der Waals surface area contributed by atoms with Crippen LogP contribution in [0.25, 0.3) is 0 Å². The summed E-state index contributed by atoms with van der Waals surface area (Å²) in [7, 11) is -4.85. The molecule has 1 unspecified atom stereocenters. The van der Waals surface area contributed by atoms with Crippen molar-refractivity contribution in [3.05, 3.63) is 39.9 Å². The van der Waals surface area contributed by atoms with Gasteiger partial charge in [0.25, 0.3) is 17.9 Å². The molecule has 3 rings (SSSR count). The van der Waals surface area contributed by atoms with Gasteiger partial charge in [-0.25, -0.2) is 14.1 Å². The number of carbonyl (C=O) groups excluding carboxylic acids is 2. The number of rotatable bonds is 13. The minimum Gasteiger partial charge on any atom is -0.489 e. The predicted molar refractivity (Wildman–Crippen MR) is 146 cm³/mol. The number of nitrogen functional groups attached to an aromatic ring is 1. The Bertz CT molecular complexity index is 1470. The Morgan fingerprint density at radius 3 is 2.51 bits per heavy atom. The second-order valence-corrected chi connectivity index (χ2v) is 11.2. The lowest BCUT2D eigenvalue weighted by molar-refractivity contribution is -0.152. The lowest BCUT2D eigenvalue weighted by Crippen LogP contribution is -2.71. The number of anilines is 1. The standard InChI is InChI=1S/C21H25ClN8O9S2/c1-9-13(19(32)30(9)41(35,36)37)27-18(31)15(14-16(22)40-21(25)28-14)29-39-12(20(33)34)8-38-11-4-2-10(3-5-11)17(24)26-7-6-23/h2-5,9,12-13H,6-8,23H2,1H3,(H2,24,26)(H2,25,28)(H,27,31)(H,33,34)(H,35,36,37)/t9-,12?,13-/m0/s1. The van der Waals surface area contributed by atoms with E-state index in [4.69, 9.17) is 42.6 Å². The number of β-lactam (4-membered cyclic amide) rings is 1. The molecule has 0 radical (unpaired) electrons. The van der Waals surface area contributed by atoms with Crippen LogP contribution in [0.4, 0.5) is 5.13 Å². The van der Waals surface area contributed by atoms with Crippen LogP contribution in [0.5, 0.6) is 5.75 Å². The number of hydrogen-bond acceptors (Lipinski definition) is 13. The normalized spacial score (nSPS) is 17.8. The summed E-state index contributed by atoms with van der Waals surface area (Å²) in [5.41, 5.74) is 10.6. The van der Waals surface area contributed by atoms with Gasteiger partial charge in [-0.3, -0.25) is 19.6 Å². The van der Waals surface area contributed by atoms with E-state index in [1.54, 1.807) is 12.1 Å². The first-order valence-electron chi connectivity index (χ1n) is 11.5. The van der Waals surface area contributed by atoms with E-state index in [9.17, 15) is 27.9 Å². The lowest BCUT2D eigenvalue weighted by atomic mass is 10.0. The van der Waals surface area contributed by atoms with Crippen LogP contribution in [-0.4, -0.2) is 94.6 Å². The van der Waals surface area contributed by atoms with Crippen LogP contribution in [0, 0.1) is 5.41 Å². The van der Waals surface area contributed by atoms with Gasteiger partial charge in [0.15, 0.2) is 10.8 Å². The van der Waals surface area contributed by atoms with E-state index in [2.05, 4.69) is 20.8 Å². The minimum absolute atomic E-state index is 0.0657. The van der Waals surface area contributed by atoms with Crippen molar-refractivity contribution in [1.82, 2.24) is 19.9 Å². The Labute approximate surface area is 241 Å². The average molecular weight is 633 g/mol. The maximum Gasteiger partial charge on any atom is 0.362 e. The summed E-state index contributed by atoms with van der Waals surface area (Å²) in [5.74, 6) is -3.37. The molecule has 1 saturated heterocycles. The summed E-state index contributed by atoms with van der Waals surface area (Å²) in [6, 6.07) is 3.61. The molecule has 2 amide bonds. The van der Waals surface area contributed by atoms with Crippen molar-refractivity contribution in [2.24, 2.45) is 10.9 Å². The summed E-state index contributed by atoms with van der Waals surface area (Å²) in [4.78, 5) is 46.0. The third-order valence-corrected chi connectivity index (χ3v) is 7.54. The predicted octanol–water partition coefficient (Wildman–Crippen LogP) is -0.976. The molecule has 0 saturated carbocycles. The summed E-state index contributed by atoms with van der Waals surface area (Å²) in [6.45, 7) is 1.45. The zero-order valence-corrected chi connectivity index (χ0v) is 23.5. The summed E-state index contributed by atoms with van der Waals surface area (Å²) < 4.78 is 37.3. The minimum atomic E-state index is -4.85. The number of nitrogens with zero attached hydrogens (tertiary/aromatic N) is 3. The highest BCUT2D eigenvalue weighted by Crippen LogP contribution is 2.28. The molecule has 3 atom stereocenters. The zero-order chi connectivity index (χ0) is 30.5. The number of amides is 2. The number of ether oxygens (including phenoxy) is 1. The fourth-order valence-electron chi connectivity index (χ4n) is 3.42. The Morgan fingerprint density at radius 1 is 1.34 bits per heavy atom. The van der Waals surface area contributed by atoms with Gasteiger partial charge in [0, 0.05) is 18.7 Å². The Morgan fingerprint density at radius 2 is 2.00 bits per heavy atom. The summed E-state index contributed by atoms with van der Waals surface area (Å²) >= 11 is 6.87. The van der Waals surface area contributed by atoms with E-state index >= 15 is 0 Å². The molecule has 2 aromatic rings. The lowest BCUT2D eigenvalue weighted by Gasteiger charge is -2.42. The van der Waals surface area contributed by atoms with E-state index in [0.717, 1.165) is 11.3 Å². The third-order valence-electron chi connectivity index (χ3n) is 5.45. The van der Waals surface area contributed by atoms with E-state index in [1.165, 1.54) is 19.1 Å². The molecular weight excluding hydrogens is 608 g/mol. The SMILES string of the molecule is C[C@H]1[C@H](NC(=O)C(=NOC(COc2ccc(C(=N)NCCN)cc2)C(=O)O)c2nc(N)sc2Cl)C(=O)N1S(=O)(=O)O. The van der Waals surface area contributed by atoms with E-state index in [0.29, 0.717) is 18.7 Å². The molecule has 1 aromatic carbocycles. The summed E-state index contributed by atoms with van der Waals surface area (Å²) in [5, 5.41) is 26.1. The van der Waals surface area contributed by atoms with Crippen LogP contribution >= 0.6 is 22.9 Å². The molecule has 1 aliphatic heterocycles. The first-order chi connectivity index (χ1) is 19.2. The van der Waals surface area contributed by atoms with Crippen molar-refractivity contribution in [3.8, 4) is 5.75 Å². The van der Waals surface area contributed by atoms with Crippen LogP contribution in [0.15, 0.2) is 29.4 Å². The molecule has 2 heterocycles. The molecule has 0 spiro atoms. The van der Waals surface area contributed by atoms with Gasteiger partial charge in [-0.1, -0.05) is 28.1 Å². The molecule has 17 nitrogen and oxygen atoms in total. The Kier molecular flexibility index (Phi) is 10.0. The van der Waals surface area contributed by atoms with Gasteiger partial charge in [-0.05, 0) is 31.2 Å². The van der Waals surface area contributed by atoms with Crippen molar-refractivity contribution in [3.63, 3.8) is 0 Å². The maximum atomic E-state index is 13.0. The number of aliphatic carboxylic acids is 1. The molecule has 9 N–H and O–H groups in total. The fraction of sp³-hybridized carbons (Fsp3) is 0.333. The highest BCUT2D eigenvalue weighted by molar-refractivity contribution is 7.84. The second kappa shape index (κ2) is 13.1. The Hall–Kier alpha value is -4.04. The summed E-state index contributed by atoms with van der Waals surface area (Å²) in [6.07, 6.45) is -1.74. The molecule has 41 heavy (non-hydrogen) atoms. The topological polar surface area (TPSA) is 273 Å². The number of carboxylic acids is 1. The van der Waals surface area contributed by atoms with Gasteiger partial charge in [-0.2, -0.15) is 8.42 Å². The number of carbonyl (C=O) groups is 3. The van der Waals surface area contributed by atoms with Crippen LogP contribution in [0.2, 0.25) is 4.34 Å². The zero-order valence-electron chi connectivity index (χ0n) is 21.1. The number of oxime groups is 1. The van der Waals surface area contributed by atoms with Gasteiger partial charge in [-0.15, -0.1) is 0 Å². The van der Waals surface area contributed by atoms with Crippen molar-refractivity contribution >= 4 is 67.7 Å². The van der Waals surface area contributed by atoms with Gasteiger partial charge in [0.1, 0.15) is 34.3 Å². The molecule has 0 aliphatic carbocycles. The number of carboxylic acid groups (broad SMARTS) is 1. The van der Waals surface area contributed by atoms with Crippen LogP contribution in [0.3, 0.4) is 0 Å². The van der Waals surface area contributed by atoms with Crippen LogP contribution in [-0.2, 0) is 29.5 Å². The fourth-order valence-corrected chi connectivity index (χ4v) is 5.23. The van der Waals surface area contributed by atoms with Crippen molar-refractivity contribution < 1.29 is 42.0 Å². The first kappa shape index (κ1) is 31.5. The van der Waals surface area contributed by atoms with Gasteiger partial charge < -0.3 is 36.8 Å². The molecule has 1 aromatic heterocycles. The molecule has 1 aliphatic rings. The third kappa shape index (κ3) is 7.58. The van der Waals surface area contributed by atoms with E-state index < -0.39 is 58.6 Å². The van der Waals surface area contributed by atoms with Crippen LogP contribution in [0.1, 0.15) is 18.2 Å². The molecule has 1 fully saturated rings. The number of amidine groups is 1. The number of aromatic nitrogens is 1. The number of thiazole rings is 1. The highest BCUT2D eigenvalue weighted by atomic mass is 35.5. The quantitative estimate of drug-likeness (QED) is 0.0460. The van der Waals surface area contributed by atoms with Crippen molar-refractivity contribution in [2.45, 2.75) is 25.1 Å². The van der Waals surface area contributed by atoms with Crippen molar-refractivity contribution in [2.75, 3.05) is 25.4 Å². The Balaban J connectivity index is 1.75. The monoisotopic (exact) mass is 632 g/mol. The van der Waals surface area contributed by atoms with Crippen molar-refractivity contribution in [1.29, 1.82) is 5.41 Å². The molecular formula is C21H25ClN8O9S2. The maximum absolute atomic E-state index is 13.0. The van der Waals surface area contributed by atoms with E-state index in [-0.39, 0.29) is 31.1 Å². The first-order valence-corrected chi connectivity index (χ1v) is 14.1. The largest absolute Gasteiger partial charge is 0.489 e. The molecule has 222 valence electrons. The molecule has 20 heteroatoms. The second-order valence-electron chi connectivity index (χ2n) is 8.28. The highest BCUT2D eigenvalue weighted by Gasteiger charge is 2.51. The van der Waals surface area contributed by atoms with Gasteiger partial charge in [0.2, 0.25) is 0 Å². The van der Waals surface area contributed by atoms with Crippen LogP contribution < -0.4 is 26.8 Å². The number of benzene rings is 1. The molecule has 0 bridgehead atoms. The number of nitrogens with two attached hydrogens (primary N) is 2. The number of nitrogens with one attached hydrogen (secondary N) is 3. The van der Waals surface area contributed by atoms with E-state index in [1.807, 2.05) is 0 Å². The smallest absolute Gasteiger partial charge is 0.362 e. The number of hydrogen-bond donors (Lipinski definition) is 7. The van der Waals surface area contributed by atoms with Gasteiger partial charge in [0.05, 0.1) is 6.04 Å².